The van der Waals surface area contributed by atoms with Gasteiger partial charge in [0.1, 0.15) is 5.75 Å². The average Bonchev–Trinajstić information content (AvgIpc) is 2.37. The van der Waals surface area contributed by atoms with Crippen LogP contribution in [-0.2, 0) is 4.79 Å². The standard InChI is InChI=1S/C14H20ClNO3/c1-10-4-5-11(15)12(6-10)19-7-13(18)16-8-14(2,3)9-17/h4-6,17H,7-9H2,1-3H3,(H,16,18). The molecule has 0 atom stereocenters. The molecule has 5 heteroatoms. The molecule has 0 unspecified atom stereocenters. The Morgan fingerprint density at radius 1 is 1.47 bits per heavy atom. The number of carbonyl (C=O) groups excluding carboxylic acids is 1. The summed E-state index contributed by atoms with van der Waals surface area (Å²) < 4.78 is 5.37. The van der Waals surface area contributed by atoms with Crippen LogP contribution in [0.5, 0.6) is 5.75 Å². The van der Waals surface area contributed by atoms with Crippen molar-refractivity contribution in [2.75, 3.05) is 19.8 Å². The monoisotopic (exact) mass is 285 g/mol. The highest BCUT2D eigenvalue weighted by molar-refractivity contribution is 6.32. The predicted molar refractivity (Wildman–Crippen MR) is 75.6 cm³/mol. The number of nitrogens with one attached hydrogen (secondary N) is 1. The van der Waals surface area contributed by atoms with Gasteiger partial charge in [0.2, 0.25) is 0 Å². The Labute approximate surface area is 118 Å². The van der Waals surface area contributed by atoms with Crippen LogP contribution in [0.15, 0.2) is 18.2 Å². The van der Waals surface area contributed by atoms with Gasteiger partial charge in [-0.2, -0.15) is 0 Å². The van der Waals surface area contributed by atoms with Crippen molar-refractivity contribution in [1.82, 2.24) is 5.32 Å². The van der Waals surface area contributed by atoms with E-state index in [1.807, 2.05) is 26.8 Å². The van der Waals surface area contributed by atoms with Gasteiger partial charge in [-0.3, -0.25) is 4.79 Å². The van der Waals surface area contributed by atoms with E-state index in [4.69, 9.17) is 21.4 Å². The van der Waals surface area contributed by atoms with E-state index >= 15 is 0 Å². The van der Waals surface area contributed by atoms with Crippen molar-refractivity contribution < 1.29 is 14.6 Å². The highest BCUT2D eigenvalue weighted by atomic mass is 35.5. The Morgan fingerprint density at radius 3 is 2.79 bits per heavy atom. The molecule has 0 heterocycles. The molecule has 0 aliphatic carbocycles. The fourth-order valence-electron chi connectivity index (χ4n) is 1.31. The Hall–Kier alpha value is -1.26. The number of hydrogen-bond acceptors (Lipinski definition) is 3. The number of ether oxygens (including phenoxy) is 1. The van der Waals surface area contributed by atoms with E-state index < -0.39 is 0 Å². The zero-order chi connectivity index (χ0) is 14.5. The van der Waals surface area contributed by atoms with E-state index in [0.717, 1.165) is 5.56 Å². The Bertz CT molecular complexity index is 446. The van der Waals surface area contributed by atoms with E-state index in [-0.39, 0.29) is 24.5 Å². The molecule has 106 valence electrons. The SMILES string of the molecule is Cc1ccc(Cl)c(OCC(=O)NCC(C)(C)CO)c1. The molecule has 0 spiro atoms. The van der Waals surface area contributed by atoms with E-state index in [1.165, 1.54) is 0 Å². The topological polar surface area (TPSA) is 58.6 Å². The Balaban J connectivity index is 2.44. The normalized spacial score (nSPS) is 11.2. The molecule has 0 fully saturated rings. The molecule has 0 aliphatic heterocycles. The highest BCUT2D eigenvalue weighted by Crippen LogP contribution is 2.25. The van der Waals surface area contributed by atoms with Crippen molar-refractivity contribution in [2.24, 2.45) is 5.41 Å². The first-order chi connectivity index (χ1) is 8.84. The molecular weight excluding hydrogens is 266 g/mol. The molecule has 0 bridgehead atoms. The summed E-state index contributed by atoms with van der Waals surface area (Å²) in [5, 5.41) is 12.3. The van der Waals surface area contributed by atoms with E-state index in [1.54, 1.807) is 12.1 Å². The molecule has 0 aromatic heterocycles. The van der Waals surface area contributed by atoms with Crippen molar-refractivity contribution in [1.29, 1.82) is 0 Å². The summed E-state index contributed by atoms with van der Waals surface area (Å²) in [7, 11) is 0. The maximum absolute atomic E-state index is 11.6. The van der Waals surface area contributed by atoms with Crippen LogP contribution in [0.3, 0.4) is 0 Å². The molecule has 0 saturated heterocycles. The number of benzene rings is 1. The Morgan fingerprint density at radius 2 is 2.16 bits per heavy atom. The summed E-state index contributed by atoms with van der Waals surface area (Å²) >= 11 is 5.96. The van der Waals surface area contributed by atoms with E-state index in [0.29, 0.717) is 17.3 Å². The van der Waals surface area contributed by atoms with Crippen LogP contribution in [0.25, 0.3) is 0 Å². The minimum absolute atomic E-state index is 0.0118. The molecule has 1 rings (SSSR count). The largest absolute Gasteiger partial charge is 0.482 e. The van der Waals surface area contributed by atoms with Crippen molar-refractivity contribution in [3.05, 3.63) is 28.8 Å². The van der Waals surface area contributed by atoms with Gasteiger partial charge in [0.15, 0.2) is 6.61 Å². The van der Waals surface area contributed by atoms with Gasteiger partial charge >= 0.3 is 0 Å². The van der Waals surface area contributed by atoms with Gasteiger partial charge in [0.05, 0.1) is 5.02 Å². The van der Waals surface area contributed by atoms with Crippen molar-refractivity contribution in [2.45, 2.75) is 20.8 Å². The second kappa shape index (κ2) is 6.78. The molecule has 2 N–H and O–H groups in total. The molecule has 0 saturated carbocycles. The van der Waals surface area contributed by atoms with Crippen LogP contribution >= 0.6 is 11.6 Å². The third-order valence-electron chi connectivity index (χ3n) is 2.64. The maximum atomic E-state index is 11.6. The molecule has 4 nitrogen and oxygen atoms in total. The van der Waals surface area contributed by atoms with E-state index in [2.05, 4.69) is 5.32 Å². The highest BCUT2D eigenvalue weighted by Gasteiger charge is 2.17. The molecule has 1 aromatic rings. The number of rotatable bonds is 6. The van der Waals surface area contributed by atoms with Crippen LogP contribution in [0, 0.1) is 12.3 Å². The van der Waals surface area contributed by atoms with Gasteiger partial charge in [-0.05, 0) is 24.6 Å². The first-order valence-corrected chi connectivity index (χ1v) is 6.48. The first-order valence-electron chi connectivity index (χ1n) is 6.10. The number of aryl methyl sites for hydroxylation is 1. The minimum atomic E-state index is -0.337. The number of carbonyl (C=O) groups is 1. The lowest BCUT2D eigenvalue weighted by Crippen LogP contribution is -2.38. The lowest BCUT2D eigenvalue weighted by atomic mass is 9.95. The minimum Gasteiger partial charge on any atom is -0.482 e. The maximum Gasteiger partial charge on any atom is 0.257 e. The van der Waals surface area contributed by atoms with Crippen LogP contribution in [0.1, 0.15) is 19.4 Å². The van der Waals surface area contributed by atoms with Gasteiger partial charge in [-0.1, -0.05) is 31.5 Å². The van der Waals surface area contributed by atoms with Crippen molar-refractivity contribution >= 4 is 17.5 Å². The summed E-state index contributed by atoms with van der Waals surface area (Å²) in [5.74, 6) is 0.261. The quantitative estimate of drug-likeness (QED) is 0.842. The molecular formula is C14H20ClNO3. The zero-order valence-electron chi connectivity index (χ0n) is 11.5. The predicted octanol–water partition coefficient (Wildman–Crippen LogP) is 2.16. The Kier molecular flexibility index (Phi) is 5.63. The number of aliphatic hydroxyl groups excluding tert-OH is 1. The van der Waals surface area contributed by atoms with Gasteiger partial charge in [-0.15, -0.1) is 0 Å². The fraction of sp³-hybridized carbons (Fsp3) is 0.500. The van der Waals surface area contributed by atoms with Gasteiger partial charge < -0.3 is 15.2 Å². The number of halogens is 1. The second-order valence-electron chi connectivity index (χ2n) is 5.32. The summed E-state index contributed by atoms with van der Waals surface area (Å²) in [6, 6.07) is 5.39. The van der Waals surface area contributed by atoms with Crippen LogP contribution in [0.2, 0.25) is 5.02 Å². The van der Waals surface area contributed by atoms with Gasteiger partial charge in [0, 0.05) is 18.6 Å². The van der Waals surface area contributed by atoms with Crippen molar-refractivity contribution in [3.63, 3.8) is 0 Å². The fourth-order valence-corrected chi connectivity index (χ4v) is 1.48. The molecule has 19 heavy (non-hydrogen) atoms. The van der Waals surface area contributed by atoms with E-state index in [9.17, 15) is 4.79 Å². The molecule has 1 amide bonds. The molecule has 0 aliphatic rings. The summed E-state index contributed by atoms with van der Waals surface area (Å²) in [4.78, 5) is 11.6. The van der Waals surface area contributed by atoms with Crippen LogP contribution < -0.4 is 10.1 Å². The smallest absolute Gasteiger partial charge is 0.257 e. The summed E-state index contributed by atoms with van der Waals surface area (Å²) in [5.41, 5.74) is 0.678. The van der Waals surface area contributed by atoms with Crippen LogP contribution in [-0.4, -0.2) is 30.8 Å². The third kappa shape index (κ3) is 5.49. The first kappa shape index (κ1) is 15.8. The summed E-state index contributed by atoms with van der Waals surface area (Å²) in [6.07, 6.45) is 0. The number of aliphatic hydroxyl groups is 1. The second-order valence-corrected chi connectivity index (χ2v) is 5.73. The van der Waals surface area contributed by atoms with Crippen molar-refractivity contribution in [3.8, 4) is 5.75 Å². The molecule has 0 radical (unpaired) electrons. The number of hydrogen-bond donors (Lipinski definition) is 2. The molecule has 1 aromatic carbocycles. The van der Waals surface area contributed by atoms with Gasteiger partial charge in [0.25, 0.3) is 5.91 Å². The number of amides is 1. The third-order valence-corrected chi connectivity index (χ3v) is 2.95. The zero-order valence-corrected chi connectivity index (χ0v) is 12.3. The van der Waals surface area contributed by atoms with Crippen LogP contribution in [0.4, 0.5) is 0 Å². The lowest BCUT2D eigenvalue weighted by Gasteiger charge is -2.21. The van der Waals surface area contributed by atoms with Gasteiger partial charge in [-0.25, -0.2) is 0 Å². The average molecular weight is 286 g/mol. The summed E-state index contributed by atoms with van der Waals surface area (Å²) in [6.45, 7) is 5.97. The lowest BCUT2D eigenvalue weighted by molar-refractivity contribution is -0.123.